The highest BCUT2D eigenvalue weighted by Gasteiger charge is 2.19. The summed E-state index contributed by atoms with van der Waals surface area (Å²) in [5.74, 6) is 0.261. The zero-order chi connectivity index (χ0) is 12.3. The van der Waals surface area contributed by atoms with Crippen molar-refractivity contribution >= 4 is 0 Å². The van der Waals surface area contributed by atoms with Gasteiger partial charge in [0.1, 0.15) is 17.7 Å². The van der Waals surface area contributed by atoms with Crippen molar-refractivity contribution in [1.82, 2.24) is 0 Å². The van der Waals surface area contributed by atoms with Crippen LogP contribution in [0.25, 0.3) is 0 Å². The maximum atomic E-state index is 13.7. The standard InChI is InChI=1S/C13H18FNO2/c1-9(15)13-11(14)3-2-4-12(13)17-10-5-7-16-8-6-10/h2-4,9-10H,5-8,15H2,1H3/t9-/m0/s1. The van der Waals surface area contributed by atoms with Crippen LogP contribution in [0.3, 0.4) is 0 Å². The summed E-state index contributed by atoms with van der Waals surface area (Å²) in [7, 11) is 0. The molecule has 1 saturated heterocycles. The SMILES string of the molecule is C[C@H](N)c1c(F)cccc1OC1CCOCC1. The fraction of sp³-hybridized carbons (Fsp3) is 0.538. The van der Waals surface area contributed by atoms with Gasteiger partial charge in [-0.15, -0.1) is 0 Å². The van der Waals surface area contributed by atoms with Gasteiger partial charge in [-0.25, -0.2) is 4.39 Å². The molecular formula is C13H18FNO2. The lowest BCUT2D eigenvalue weighted by atomic mass is 10.1. The number of ether oxygens (including phenoxy) is 2. The van der Waals surface area contributed by atoms with Crippen molar-refractivity contribution in [2.24, 2.45) is 5.73 Å². The summed E-state index contributed by atoms with van der Waals surface area (Å²) in [5, 5.41) is 0. The summed E-state index contributed by atoms with van der Waals surface area (Å²) in [5.41, 5.74) is 6.23. The maximum Gasteiger partial charge on any atom is 0.131 e. The molecule has 4 heteroatoms. The summed E-state index contributed by atoms with van der Waals surface area (Å²) in [6.07, 6.45) is 1.78. The molecule has 1 aliphatic heterocycles. The van der Waals surface area contributed by atoms with E-state index in [9.17, 15) is 4.39 Å². The fourth-order valence-electron chi connectivity index (χ4n) is 2.04. The molecule has 2 rings (SSSR count). The molecule has 0 aromatic heterocycles. The molecule has 94 valence electrons. The highest BCUT2D eigenvalue weighted by atomic mass is 19.1. The quantitative estimate of drug-likeness (QED) is 0.881. The first-order valence-corrected chi connectivity index (χ1v) is 5.97. The predicted octanol–water partition coefficient (Wildman–Crippen LogP) is 2.40. The van der Waals surface area contributed by atoms with E-state index in [4.69, 9.17) is 15.2 Å². The summed E-state index contributed by atoms with van der Waals surface area (Å²) in [4.78, 5) is 0. The largest absolute Gasteiger partial charge is 0.490 e. The third kappa shape index (κ3) is 2.96. The molecule has 0 bridgehead atoms. The van der Waals surface area contributed by atoms with Crippen molar-refractivity contribution in [1.29, 1.82) is 0 Å². The van der Waals surface area contributed by atoms with Gasteiger partial charge in [0, 0.05) is 24.4 Å². The Hall–Kier alpha value is -1.13. The van der Waals surface area contributed by atoms with E-state index in [0.29, 0.717) is 24.5 Å². The Balaban J connectivity index is 2.16. The van der Waals surface area contributed by atoms with Gasteiger partial charge in [0.05, 0.1) is 13.2 Å². The monoisotopic (exact) mass is 239 g/mol. The lowest BCUT2D eigenvalue weighted by Crippen LogP contribution is -2.26. The topological polar surface area (TPSA) is 44.5 Å². The van der Waals surface area contributed by atoms with E-state index in [1.807, 2.05) is 0 Å². The first-order chi connectivity index (χ1) is 8.18. The van der Waals surface area contributed by atoms with Crippen LogP contribution in [-0.2, 0) is 4.74 Å². The summed E-state index contributed by atoms with van der Waals surface area (Å²) < 4.78 is 24.8. The van der Waals surface area contributed by atoms with Crippen molar-refractivity contribution in [3.8, 4) is 5.75 Å². The molecule has 1 atom stereocenters. The van der Waals surface area contributed by atoms with Crippen LogP contribution in [0, 0.1) is 5.82 Å². The Morgan fingerprint density at radius 1 is 1.41 bits per heavy atom. The van der Waals surface area contributed by atoms with E-state index in [-0.39, 0.29) is 18.0 Å². The van der Waals surface area contributed by atoms with Crippen LogP contribution in [0.1, 0.15) is 31.4 Å². The van der Waals surface area contributed by atoms with E-state index >= 15 is 0 Å². The lowest BCUT2D eigenvalue weighted by Gasteiger charge is -2.25. The normalized spacial score (nSPS) is 19.0. The summed E-state index contributed by atoms with van der Waals surface area (Å²) in [6, 6.07) is 4.47. The Morgan fingerprint density at radius 2 is 2.12 bits per heavy atom. The van der Waals surface area contributed by atoms with E-state index < -0.39 is 0 Å². The Kier molecular flexibility index (Phi) is 3.97. The number of halogens is 1. The smallest absolute Gasteiger partial charge is 0.131 e. The minimum Gasteiger partial charge on any atom is -0.490 e. The van der Waals surface area contributed by atoms with Crippen LogP contribution in [0.5, 0.6) is 5.75 Å². The molecule has 1 aromatic rings. The maximum absolute atomic E-state index is 13.7. The third-order valence-electron chi connectivity index (χ3n) is 2.93. The molecule has 0 amide bonds. The first-order valence-electron chi connectivity index (χ1n) is 5.97. The average molecular weight is 239 g/mol. The van der Waals surface area contributed by atoms with Gasteiger partial charge < -0.3 is 15.2 Å². The van der Waals surface area contributed by atoms with E-state index in [0.717, 1.165) is 12.8 Å². The summed E-state index contributed by atoms with van der Waals surface area (Å²) in [6.45, 7) is 3.16. The van der Waals surface area contributed by atoms with E-state index in [1.54, 1.807) is 19.1 Å². The molecule has 1 aliphatic rings. The summed E-state index contributed by atoms with van der Waals surface area (Å²) >= 11 is 0. The van der Waals surface area contributed by atoms with Crippen molar-refractivity contribution in [2.75, 3.05) is 13.2 Å². The van der Waals surface area contributed by atoms with Gasteiger partial charge in [-0.2, -0.15) is 0 Å². The van der Waals surface area contributed by atoms with Gasteiger partial charge in [0.15, 0.2) is 0 Å². The molecule has 0 unspecified atom stereocenters. The molecule has 0 radical (unpaired) electrons. The zero-order valence-corrected chi connectivity index (χ0v) is 9.99. The van der Waals surface area contributed by atoms with Crippen molar-refractivity contribution in [2.45, 2.75) is 31.9 Å². The third-order valence-corrected chi connectivity index (χ3v) is 2.93. The number of hydrogen-bond donors (Lipinski definition) is 1. The van der Waals surface area contributed by atoms with Crippen LogP contribution in [0.15, 0.2) is 18.2 Å². The lowest BCUT2D eigenvalue weighted by molar-refractivity contribution is 0.0249. The van der Waals surface area contributed by atoms with Crippen LogP contribution >= 0.6 is 0 Å². The van der Waals surface area contributed by atoms with Crippen LogP contribution in [-0.4, -0.2) is 19.3 Å². The van der Waals surface area contributed by atoms with Gasteiger partial charge >= 0.3 is 0 Å². The molecule has 1 aromatic carbocycles. The Morgan fingerprint density at radius 3 is 2.76 bits per heavy atom. The van der Waals surface area contributed by atoms with Gasteiger partial charge in [-0.3, -0.25) is 0 Å². The van der Waals surface area contributed by atoms with Crippen LogP contribution < -0.4 is 10.5 Å². The molecule has 1 heterocycles. The molecular weight excluding hydrogens is 221 g/mol. The van der Waals surface area contributed by atoms with Crippen LogP contribution in [0.4, 0.5) is 4.39 Å². The van der Waals surface area contributed by atoms with Crippen molar-refractivity contribution < 1.29 is 13.9 Å². The predicted molar refractivity (Wildman–Crippen MR) is 63.5 cm³/mol. The molecule has 3 nitrogen and oxygen atoms in total. The second kappa shape index (κ2) is 5.47. The molecule has 1 fully saturated rings. The second-order valence-electron chi connectivity index (χ2n) is 4.37. The molecule has 0 spiro atoms. The average Bonchev–Trinajstić information content (AvgIpc) is 2.30. The van der Waals surface area contributed by atoms with Gasteiger partial charge in [-0.1, -0.05) is 6.07 Å². The van der Waals surface area contributed by atoms with Crippen LogP contribution in [0.2, 0.25) is 0 Å². The van der Waals surface area contributed by atoms with Crippen molar-refractivity contribution in [3.05, 3.63) is 29.6 Å². The Labute approximate surface area is 101 Å². The van der Waals surface area contributed by atoms with Crippen molar-refractivity contribution in [3.63, 3.8) is 0 Å². The Bertz CT molecular complexity index is 376. The molecule has 0 aliphatic carbocycles. The van der Waals surface area contributed by atoms with E-state index in [1.165, 1.54) is 6.07 Å². The number of nitrogens with two attached hydrogens (primary N) is 1. The van der Waals surface area contributed by atoms with Gasteiger partial charge in [-0.05, 0) is 19.1 Å². The number of rotatable bonds is 3. The number of hydrogen-bond acceptors (Lipinski definition) is 3. The van der Waals surface area contributed by atoms with E-state index in [2.05, 4.69) is 0 Å². The molecule has 2 N–H and O–H groups in total. The second-order valence-corrected chi connectivity index (χ2v) is 4.37. The fourth-order valence-corrected chi connectivity index (χ4v) is 2.04. The minimum absolute atomic E-state index is 0.100. The minimum atomic E-state index is -0.369. The zero-order valence-electron chi connectivity index (χ0n) is 9.99. The molecule has 17 heavy (non-hydrogen) atoms. The highest BCUT2D eigenvalue weighted by molar-refractivity contribution is 5.37. The molecule has 0 saturated carbocycles. The number of benzene rings is 1. The highest BCUT2D eigenvalue weighted by Crippen LogP contribution is 2.28. The van der Waals surface area contributed by atoms with Gasteiger partial charge in [0.25, 0.3) is 0 Å². The van der Waals surface area contributed by atoms with Gasteiger partial charge in [0.2, 0.25) is 0 Å². The first kappa shape index (κ1) is 12.3.